The molecule has 2 fully saturated rings. The lowest BCUT2D eigenvalue weighted by Crippen LogP contribution is -2.25. The Morgan fingerprint density at radius 3 is 1.76 bits per heavy atom. The van der Waals surface area contributed by atoms with Crippen molar-refractivity contribution in [2.45, 2.75) is 128 Å². The average Bonchev–Trinajstić information content (AvgIpc) is 2.81. The highest BCUT2D eigenvalue weighted by atomic mass is 19.4. The highest BCUT2D eigenvalue weighted by Crippen LogP contribution is 2.44. The van der Waals surface area contributed by atoms with Gasteiger partial charge in [-0.3, -0.25) is 0 Å². The maximum atomic E-state index is 12.4. The molecule has 0 spiro atoms. The molecule has 0 aromatic heterocycles. The van der Waals surface area contributed by atoms with E-state index in [0.29, 0.717) is 5.92 Å². The fourth-order valence-electron chi connectivity index (χ4n) is 6.38. The fraction of sp³-hybridized carbons (Fsp3) is 0.793. The van der Waals surface area contributed by atoms with E-state index >= 15 is 0 Å². The molecule has 2 aliphatic rings. The van der Waals surface area contributed by atoms with Crippen LogP contribution in [0.2, 0.25) is 0 Å². The van der Waals surface area contributed by atoms with Crippen molar-refractivity contribution in [3.63, 3.8) is 0 Å². The Kier molecular flexibility index (Phi) is 10.9. The summed E-state index contributed by atoms with van der Waals surface area (Å²) in [4.78, 5) is 0. The minimum atomic E-state index is -4.62. The largest absolute Gasteiger partial charge is 0.573 e. The van der Waals surface area contributed by atoms with Gasteiger partial charge >= 0.3 is 6.36 Å². The molecule has 4 heteroatoms. The molecule has 0 atom stereocenters. The van der Waals surface area contributed by atoms with Gasteiger partial charge in [-0.05, 0) is 79.9 Å². The van der Waals surface area contributed by atoms with Crippen molar-refractivity contribution in [3.05, 3.63) is 29.8 Å². The van der Waals surface area contributed by atoms with E-state index in [9.17, 15) is 13.2 Å². The zero-order valence-electron chi connectivity index (χ0n) is 20.7. The molecule has 0 radical (unpaired) electrons. The molecule has 33 heavy (non-hydrogen) atoms. The number of hydrogen-bond donors (Lipinski definition) is 0. The fourth-order valence-corrected chi connectivity index (χ4v) is 6.38. The topological polar surface area (TPSA) is 9.23 Å². The summed E-state index contributed by atoms with van der Waals surface area (Å²) >= 11 is 0. The Balaban J connectivity index is 1.28. The van der Waals surface area contributed by atoms with E-state index in [0.717, 1.165) is 23.3 Å². The Hall–Kier alpha value is -1.19. The Morgan fingerprint density at radius 1 is 0.697 bits per heavy atom. The van der Waals surface area contributed by atoms with Crippen LogP contribution in [0.25, 0.3) is 0 Å². The maximum Gasteiger partial charge on any atom is 0.573 e. The first-order valence-electron chi connectivity index (χ1n) is 13.8. The van der Waals surface area contributed by atoms with Gasteiger partial charge in [0.2, 0.25) is 0 Å². The van der Waals surface area contributed by atoms with Gasteiger partial charge in [-0.15, -0.1) is 13.2 Å². The summed E-state index contributed by atoms with van der Waals surface area (Å²) < 4.78 is 41.1. The highest BCUT2D eigenvalue weighted by molar-refractivity contribution is 5.29. The first-order valence-corrected chi connectivity index (χ1v) is 13.8. The molecule has 2 saturated carbocycles. The number of rotatable bonds is 12. The van der Waals surface area contributed by atoms with Crippen molar-refractivity contribution in [1.29, 1.82) is 0 Å². The third kappa shape index (κ3) is 9.53. The first kappa shape index (κ1) is 26.4. The lowest BCUT2D eigenvalue weighted by molar-refractivity contribution is -0.274. The molecule has 1 aromatic carbocycles. The van der Waals surface area contributed by atoms with Gasteiger partial charge in [0.1, 0.15) is 5.75 Å². The third-order valence-corrected chi connectivity index (χ3v) is 8.38. The quantitative estimate of drug-likeness (QED) is 0.278. The second-order valence-electron chi connectivity index (χ2n) is 10.8. The number of halogens is 3. The summed E-state index contributed by atoms with van der Waals surface area (Å²) in [5.41, 5.74) is 1.16. The minimum Gasteiger partial charge on any atom is -0.406 e. The zero-order chi connectivity index (χ0) is 23.5. The van der Waals surface area contributed by atoms with Crippen LogP contribution < -0.4 is 4.74 Å². The number of ether oxygens (including phenoxy) is 1. The molecule has 1 aromatic rings. The number of unbranched alkanes of at least 4 members (excludes halogenated alkanes) is 7. The predicted octanol–water partition coefficient (Wildman–Crippen LogP) is 10.2. The highest BCUT2D eigenvalue weighted by Gasteiger charge is 2.32. The molecule has 0 saturated heterocycles. The van der Waals surface area contributed by atoms with Gasteiger partial charge in [0.25, 0.3) is 0 Å². The molecule has 0 N–H and O–H groups in total. The SMILES string of the molecule is CCCCCCCCCC[C@H]1CC[C@H]([C@H]2CC[C@H](c3ccc(OC(F)(F)F)cc3)CC2)CC1. The molecular weight excluding hydrogens is 421 g/mol. The number of alkyl halides is 3. The van der Waals surface area contributed by atoms with Crippen LogP contribution in [0.15, 0.2) is 24.3 Å². The van der Waals surface area contributed by atoms with Gasteiger partial charge in [0, 0.05) is 0 Å². The molecule has 2 aliphatic carbocycles. The first-order chi connectivity index (χ1) is 15.9. The Morgan fingerprint density at radius 2 is 1.21 bits per heavy atom. The van der Waals surface area contributed by atoms with E-state index in [1.807, 2.05) is 12.1 Å². The normalized spacial score (nSPS) is 26.3. The van der Waals surface area contributed by atoms with E-state index in [1.54, 1.807) is 0 Å². The van der Waals surface area contributed by atoms with Crippen LogP contribution >= 0.6 is 0 Å². The lowest BCUT2D eigenvalue weighted by atomic mass is 9.68. The van der Waals surface area contributed by atoms with Crippen LogP contribution in [0.3, 0.4) is 0 Å². The monoisotopic (exact) mass is 466 g/mol. The van der Waals surface area contributed by atoms with Crippen LogP contribution in [0.5, 0.6) is 5.75 Å². The van der Waals surface area contributed by atoms with Gasteiger partial charge in [-0.25, -0.2) is 0 Å². The van der Waals surface area contributed by atoms with Crippen molar-refractivity contribution in [2.24, 2.45) is 17.8 Å². The van der Waals surface area contributed by atoms with E-state index in [4.69, 9.17) is 0 Å². The molecular formula is C29H45F3O. The molecule has 0 amide bonds. The summed E-state index contributed by atoms with van der Waals surface area (Å²) in [5.74, 6) is 3.10. The van der Waals surface area contributed by atoms with Crippen molar-refractivity contribution in [1.82, 2.24) is 0 Å². The molecule has 3 rings (SSSR count). The van der Waals surface area contributed by atoms with Crippen molar-refractivity contribution < 1.29 is 17.9 Å². The van der Waals surface area contributed by atoms with Crippen LogP contribution in [0.4, 0.5) is 13.2 Å². The van der Waals surface area contributed by atoms with E-state index in [1.165, 1.54) is 121 Å². The summed E-state index contributed by atoms with van der Waals surface area (Å²) in [6, 6.07) is 6.57. The summed E-state index contributed by atoms with van der Waals surface area (Å²) in [6.07, 6.45) is 18.7. The van der Waals surface area contributed by atoms with Gasteiger partial charge in [0.15, 0.2) is 0 Å². The zero-order valence-corrected chi connectivity index (χ0v) is 20.7. The Labute approximate surface area is 199 Å². The van der Waals surface area contributed by atoms with Crippen LogP contribution in [0, 0.1) is 17.8 Å². The summed E-state index contributed by atoms with van der Waals surface area (Å²) in [7, 11) is 0. The van der Waals surface area contributed by atoms with E-state index in [2.05, 4.69) is 11.7 Å². The smallest absolute Gasteiger partial charge is 0.406 e. The number of benzene rings is 1. The molecule has 0 aliphatic heterocycles. The third-order valence-electron chi connectivity index (χ3n) is 8.38. The van der Waals surface area contributed by atoms with Crippen molar-refractivity contribution in [2.75, 3.05) is 0 Å². The van der Waals surface area contributed by atoms with Gasteiger partial charge < -0.3 is 4.74 Å². The second kappa shape index (κ2) is 13.6. The molecule has 0 bridgehead atoms. The van der Waals surface area contributed by atoms with Gasteiger partial charge in [-0.2, -0.15) is 0 Å². The standard InChI is InChI=1S/C29H45F3O/c1-2-3-4-5-6-7-8-9-10-23-11-13-24(14-12-23)25-15-17-26(18-16-25)27-19-21-28(22-20-27)33-29(30,31)32/h19-26H,2-18H2,1H3/t23-,24-,25-,26-. The molecule has 188 valence electrons. The average molecular weight is 467 g/mol. The molecule has 1 nitrogen and oxygen atoms in total. The van der Waals surface area contributed by atoms with E-state index < -0.39 is 6.36 Å². The minimum absolute atomic E-state index is 0.122. The predicted molar refractivity (Wildman–Crippen MR) is 130 cm³/mol. The molecule has 0 heterocycles. The second-order valence-corrected chi connectivity index (χ2v) is 10.8. The maximum absolute atomic E-state index is 12.4. The van der Waals surface area contributed by atoms with E-state index in [-0.39, 0.29) is 5.75 Å². The van der Waals surface area contributed by atoms with Crippen LogP contribution in [0.1, 0.15) is 128 Å². The lowest BCUT2D eigenvalue weighted by Gasteiger charge is -2.38. The molecule has 0 unspecified atom stereocenters. The van der Waals surface area contributed by atoms with Crippen molar-refractivity contribution in [3.8, 4) is 5.75 Å². The van der Waals surface area contributed by atoms with Gasteiger partial charge in [0.05, 0.1) is 0 Å². The van der Waals surface area contributed by atoms with Crippen molar-refractivity contribution >= 4 is 0 Å². The van der Waals surface area contributed by atoms with Gasteiger partial charge in [-0.1, -0.05) is 89.7 Å². The summed E-state index contributed by atoms with van der Waals surface area (Å²) in [5, 5.41) is 0. The Bertz CT molecular complexity index is 638. The summed E-state index contributed by atoms with van der Waals surface area (Å²) in [6.45, 7) is 2.28. The van der Waals surface area contributed by atoms with Crippen LogP contribution in [-0.4, -0.2) is 6.36 Å². The number of hydrogen-bond acceptors (Lipinski definition) is 1. The van der Waals surface area contributed by atoms with Crippen LogP contribution in [-0.2, 0) is 0 Å².